The molecule has 3 rings (SSSR count). The third-order valence-electron chi connectivity index (χ3n) is 4.78. The highest BCUT2D eigenvalue weighted by Gasteiger charge is 2.28. The number of ether oxygens (including phenoxy) is 2. The maximum atomic E-state index is 12.5. The molecule has 1 aromatic heterocycles. The van der Waals surface area contributed by atoms with Gasteiger partial charge in [-0.2, -0.15) is 0 Å². The van der Waals surface area contributed by atoms with Gasteiger partial charge in [-0.05, 0) is 49.8 Å². The van der Waals surface area contributed by atoms with Crippen molar-refractivity contribution in [2.24, 2.45) is 5.92 Å². The van der Waals surface area contributed by atoms with Crippen LogP contribution < -0.4 is 10.1 Å². The molecule has 1 aliphatic carbocycles. The van der Waals surface area contributed by atoms with E-state index in [1.54, 1.807) is 20.1 Å². The van der Waals surface area contributed by atoms with E-state index in [2.05, 4.69) is 12.2 Å². The largest absolute Gasteiger partial charge is 0.496 e. The van der Waals surface area contributed by atoms with Crippen LogP contribution in [0.4, 0.5) is 5.00 Å². The standard InChI is InChI=1S/C22H25NO4S/c1-4-27-22(25)20-16-11-9-14(2)13-18(16)28-21(20)23-19(24)12-10-15-7-5-6-8-17(15)26-3/h5-8,10,12,14H,4,9,11,13H2,1-3H3,(H,23,24)/b12-10+/t14-/m1/s1. The van der Waals surface area contributed by atoms with Crippen LogP contribution in [0.25, 0.3) is 6.08 Å². The minimum absolute atomic E-state index is 0.289. The zero-order chi connectivity index (χ0) is 20.1. The molecule has 0 saturated heterocycles. The maximum absolute atomic E-state index is 12.5. The van der Waals surface area contributed by atoms with E-state index in [9.17, 15) is 9.59 Å². The second-order valence-electron chi connectivity index (χ2n) is 6.84. The normalized spacial score (nSPS) is 15.9. The Bertz CT molecular complexity index is 900. The molecule has 1 aliphatic rings. The second kappa shape index (κ2) is 9.06. The van der Waals surface area contributed by atoms with Gasteiger partial charge in [0.1, 0.15) is 10.8 Å². The fourth-order valence-corrected chi connectivity index (χ4v) is 4.78. The lowest BCUT2D eigenvalue weighted by molar-refractivity contribution is -0.111. The van der Waals surface area contributed by atoms with Gasteiger partial charge in [-0.25, -0.2) is 4.79 Å². The summed E-state index contributed by atoms with van der Waals surface area (Å²) in [6, 6.07) is 7.47. The van der Waals surface area contributed by atoms with E-state index in [-0.39, 0.29) is 11.9 Å². The zero-order valence-corrected chi connectivity index (χ0v) is 17.2. The number of hydrogen-bond acceptors (Lipinski definition) is 5. The van der Waals surface area contributed by atoms with Gasteiger partial charge in [-0.3, -0.25) is 4.79 Å². The molecule has 0 aliphatic heterocycles. The van der Waals surface area contributed by atoms with Crippen molar-refractivity contribution < 1.29 is 19.1 Å². The Kier molecular flexibility index (Phi) is 6.52. The summed E-state index contributed by atoms with van der Waals surface area (Å²) in [6.07, 6.45) is 5.96. The van der Waals surface area contributed by atoms with Crippen molar-refractivity contribution in [3.05, 3.63) is 51.9 Å². The minimum atomic E-state index is -0.362. The topological polar surface area (TPSA) is 64.6 Å². The van der Waals surface area contributed by atoms with Crippen LogP contribution in [-0.2, 0) is 22.4 Å². The lowest BCUT2D eigenvalue weighted by Crippen LogP contribution is -2.15. The van der Waals surface area contributed by atoms with Crippen molar-refractivity contribution in [1.29, 1.82) is 0 Å². The van der Waals surface area contributed by atoms with E-state index in [0.717, 1.165) is 30.4 Å². The van der Waals surface area contributed by atoms with Crippen LogP contribution in [0.3, 0.4) is 0 Å². The number of carbonyl (C=O) groups is 2. The second-order valence-corrected chi connectivity index (χ2v) is 7.95. The molecule has 0 fully saturated rings. The molecule has 148 valence electrons. The molecule has 0 spiro atoms. The number of anilines is 1. The Hall–Kier alpha value is -2.60. The average molecular weight is 400 g/mol. The molecule has 28 heavy (non-hydrogen) atoms. The van der Waals surface area contributed by atoms with Gasteiger partial charge in [0.2, 0.25) is 5.91 Å². The van der Waals surface area contributed by atoms with Gasteiger partial charge in [0.25, 0.3) is 0 Å². The highest BCUT2D eigenvalue weighted by molar-refractivity contribution is 7.17. The monoisotopic (exact) mass is 399 g/mol. The van der Waals surface area contributed by atoms with Gasteiger partial charge in [0, 0.05) is 16.5 Å². The fraction of sp³-hybridized carbons (Fsp3) is 0.364. The fourth-order valence-electron chi connectivity index (χ4n) is 3.38. The zero-order valence-electron chi connectivity index (χ0n) is 16.4. The Balaban J connectivity index is 1.84. The molecule has 1 amide bonds. The van der Waals surface area contributed by atoms with Crippen molar-refractivity contribution in [2.75, 3.05) is 19.0 Å². The van der Waals surface area contributed by atoms with Gasteiger partial charge in [0.05, 0.1) is 19.3 Å². The lowest BCUT2D eigenvalue weighted by atomic mass is 9.88. The average Bonchev–Trinajstić information content (AvgIpc) is 3.03. The number of carbonyl (C=O) groups excluding carboxylic acids is 2. The van der Waals surface area contributed by atoms with Gasteiger partial charge < -0.3 is 14.8 Å². The van der Waals surface area contributed by atoms with E-state index >= 15 is 0 Å². The Morgan fingerprint density at radius 2 is 2.11 bits per heavy atom. The SMILES string of the molecule is CCOC(=O)c1c(NC(=O)/C=C/c2ccccc2OC)sc2c1CC[C@@H](C)C2. The lowest BCUT2D eigenvalue weighted by Gasteiger charge is -2.18. The molecule has 1 N–H and O–H groups in total. The molecule has 0 radical (unpaired) electrons. The molecular weight excluding hydrogens is 374 g/mol. The first-order valence-electron chi connectivity index (χ1n) is 9.47. The number of fused-ring (bicyclic) bond motifs is 1. The van der Waals surface area contributed by atoms with Crippen molar-refractivity contribution in [3.8, 4) is 5.75 Å². The predicted molar refractivity (Wildman–Crippen MR) is 112 cm³/mol. The molecule has 2 aromatic rings. The van der Waals surface area contributed by atoms with Gasteiger partial charge >= 0.3 is 5.97 Å². The highest BCUT2D eigenvalue weighted by atomic mass is 32.1. The molecular formula is C22H25NO4S. The Labute approximate surface area is 169 Å². The first-order valence-corrected chi connectivity index (χ1v) is 10.3. The first kappa shape index (κ1) is 20.1. The minimum Gasteiger partial charge on any atom is -0.496 e. The number of benzene rings is 1. The number of para-hydroxylation sites is 1. The summed E-state index contributed by atoms with van der Waals surface area (Å²) in [7, 11) is 1.59. The summed E-state index contributed by atoms with van der Waals surface area (Å²) < 4.78 is 10.5. The van der Waals surface area contributed by atoms with Gasteiger partial charge in [0.15, 0.2) is 0 Å². The molecule has 0 unspecified atom stereocenters. The summed E-state index contributed by atoms with van der Waals surface area (Å²) in [5.74, 6) is 0.621. The molecule has 1 heterocycles. The van der Waals surface area contributed by atoms with Crippen molar-refractivity contribution in [1.82, 2.24) is 0 Å². The number of rotatable bonds is 6. The van der Waals surface area contributed by atoms with E-state index in [1.807, 2.05) is 24.3 Å². The van der Waals surface area contributed by atoms with Crippen LogP contribution >= 0.6 is 11.3 Å². The van der Waals surface area contributed by atoms with Crippen LogP contribution in [-0.4, -0.2) is 25.6 Å². The van der Waals surface area contributed by atoms with E-state index in [4.69, 9.17) is 9.47 Å². The number of esters is 1. The van der Waals surface area contributed by atoms with Crippen LogP contribution in [0.1, 0.15) is 46.6 Å². The number of methoxy groups -OCH3 is 1. The first-order chi connectivity index (χ1) is 13.5. The quantitative estimate of drug-likeness (QED) is 0.564. The molecule has 1 atom stereocenters. The number of amides is 1. The van der Waals surface area contributed by atoms with Crippen LogP contribution in [0, 0.1) is 5.92 Å². The molecule has 0 bridgehead atoms. The summed E-state index contributed by atoms with van der Waals surface area (Å²) in [4.78, 5) is 26.2. The predicted octanol–water partition coefficient (Wildman–Crippen LogP) is 4.71. The van der Waals surface area contributed by atoms with E-state index < -0.39 is 0 Å². The summed E-state index contributed by atoms with van der Waals surface area (Å²) in [5.41, 5.74) is 2.36. The molecule has 6 heteroatoms. The van der Waals surface area contributed by atoms with E-state index in [1.165, 1.54) is 22.3 Å². The molecule has 0 saturated carbocycles. The van der Waals surface area contributed by atoms with Crippen molar-refractivity contribution in [3.63, 3.8) is 0 Å². The van der Waals surface area contributed by atoms with Crippen molar-refractivity contribution in [2.45, 2.75) is 33.1 Å². The highest BCUT2D eigenvalue weighted by Crippen LogP contribution is 2.40. The summed E-state index contributed by atoms with van der Waals surface area (Å²) in [6.45, 7) is 4.30. The number of nitrogens with one attached hydrogen (secondary N) is 1. The van der Waals surface area contributed by atoms with Gasteiger partial charge in [-0.1, -0.05) is 25.1 Å². The third-order valence-corrected chi connectivity index (χ3v) is 5.95. The summed E-state index contributed by atoms with van der Waals surface area (Å²) in [5, 5.41) is 3.46. The number of thiophene rings is 1. The number of hydrogen-bond donors (Lipinski definition) is 1. The third kappa shape index (κ3) is 4.44. The van der Waals surface area contributed by atoms with Crippen LogP contribution in [0.2, 0.25) is 0 Å². The Morgan fingerprint density at radius 3 is 2.86 bits per heavy atom. The van der Waals surface area contributed by atoms with Crippen LogP contribution in [0.15, 0.2) is 30.3 Å². The van der Waals surface area contributed by atoms with Gasteiger partial charge in [-0.15, -0.1) is 11.3 Å². The van der Waals surface area contributed by atoms with Crippen LogP contribution in [0.5, 0.6) is 5.75 Å². The molecule has 5 nitrogen and oxygen atoms in total. The summed E-state index contributed by atoms with van der Waals surface area (Å²) >= 11 is 1.49. The van der Waals surface area contributed by atoms with Crippen molar-refractivity contribution >= 4 is 34.3 Å². The maximum Gasteiger partial charge on any atom is 0.341 e. The molecule has 1 aromatic carbocycles. The van der Waals surface area contributed by atoms with E-state index in [0.29, 0.717) is 28.8 Å². The smallest absolute Gasteiger partial charge is 0.341 e. The Morgan fingerprint density at radius 1 is 1.32 bits per heavy atom.